The molecule has 0 saturated carbocycles. The van der Waals surface area contributed by atoms with Crippen LogP contribution in [0.3, 0.4) is 0 Å². The number of halogens is 1. The van der Waals surface area contributed by atoms with Crippen molar-refractivity contribution in [1.29, 1.82) is 0 Å². The quantitative estimate of drug-likeness (QED) is 0.898. The summed E-state index contributed by atoms with van der Waals surface area (Å²) in [6, 6.07) is 13.9. The Morgan fingerprint density at radius 1 is 1.16 bits per heavy atom. The molecule has 3 nitrogen and oxygen atoms in total. The maximum atomic E-state index is 13.0. The minimum atomic E-state index is -0.651. The highest BCUT2D eigenvalue weighted by molar-refractivity contribution is 5.95. The fraction of sp³-hybridized carbons (Fsp3) is 0.133. The minimum Gasteiger partial charge on any atom is -0.505 e. The first-order valence-corrected chi connectivity index (χ1v) is 5.99. The molecule has 0 bridgehead atoms. The van der Waals surface area contributed by atoms with E-state index in [4.69, 9.17) is 4.74 Å². The predicted molar refractivity (Wildman–Crippen MR) is 69.7 cm³/mol. The van der Waals surface area contributed by atoms with Gasteiger partial charge in [0.15, 0.2) is 11.6 Å². The van der Waals surface area contributed by atoms with Crippen LogP contribution in [0.1, 0.15) is 17.2 Å². The zero-order valence-corrected chi connectivity index (χ0v) is 10.1. The summed E-state index contributed by atoms with van der Waals surface area (Å²) in [4.78, 5) is 4.30. The van der Waals surface area contributed by atoms with Crippen molar-refractivity contribution in [2.45, 2.75) is 6.10 Å². The summed E-state index contributed by atoms with van der Waals surface area (Å²) >= 11 is 0. The Morgan fingerprint density at radius 2 is 1.95 bits per heavy atom. The van der Waals surface area contributed by atoms with Crippen LogP contribution in [0, 0.1) is 5.82 Å². The molecule has 1 aliphatic rings. The molecule has 2 aromatic carbocycles. The molecule has 0 radical (unpaired) electrons. The first-order chi connectivity index (χ1) is 9.24. The standard InChI is InChI=1S/C15H12FNO2/c16-12-7-6-11(8-13(12)18)15-17-9-14(19-15)10-4-2-1-3-5-10/h1-8,14,18H,9H2/t14-/m0/s1. The molecule has 0 aliphatic carbocycles. The Kier molecular flexibility index (Phi) is 2.91. The average Bonchev–Trinajstić information content (AvgIpc) is 2.93. The third kappa shape index (κ3) is 2.29. The van der Waals surface area contributed by atoms with Crippen molar-refractivity contribution in [3.63, 3.8) is 0 Å². The molecule has 1 atom stereocenters. The summed E-state index contributed by atoms with van der Waals surface area (Å²) in [5, 5.41) is 9.36. The van der Waals surface area contributed by atoms with Crippen molar-refractivity contribution in [2.24, 2.45) is 4.99 Å². The van der Waals surface area contributed by atoms with Crippen molar-refractivity contribution in [3.05, 3.63) is 65.5 Å². The number of ether oxygens (including phenoxy) is 1. The second-order valence-corrected chi connectivity index (χ2v) is 4.33. The second-order valence-electron chi connectivity index (χ2n) is 4.33. The van der Waals surface area contributed by atoms with Crippen LogP contribution in [0.2, 0.25) is 0 Å². The van der Waals surface area contributed by atoms with Gasteiger partial charge in [-0.2, -0.15) is 0 Å². The lowest BCUT2D eigenvalue weighted by atomic mass is 10.1. The van der Waals surface area contributed by atoms with Gasteiger partial charge < -0.3 is 9.84 Å². The van der Waals surface area contributed by atoms with Crippen LogP contribution in [0.15, 0.2) is 53.5 Å². The largest absolute Gasteiger partial charge is 0.505 e. The SMILES string of the molecule is Oc1cc(C2=NC[C@@H](c3ccccc3)O2)ccc1F. The number of phenols is 1. The van der Waals surface area contributed by atoms with E-state index in [1.165, 1.54) is 12.1 Å². The van der Waals surface area contributed by atoms with Gasteiger partial charge >= 0.3 is 0 Å². The fourth-order valence-corrected chi connectivity index (χ4v) is 2.02. The first kappa shape index (κ1) is 11.7. The van der Waals surface area contributed by atoms with Crippen LogP contribution in [-0.2, 0) is 4.74 Å². The lowest BCUT2D eigenvalue weighted by Gasteiger charge is -2.11. The molecule has 96 valence electrons. The first-order valence-electron chi connectivity index (χ1n) is 5.99. The molecule has 1 aliphatic heterocycles. The molecule has 0 unspecified atom stereocenters. The highest BCUT2D eigenvalue weighted by Crippen LogP contribution is 2.26. The molecule has 19 heavy (non-hydrogen) atoms. The lowest BCUT2D eigenvalue weighted by molar-refractivity contribution is 0.230. The van der Waals surface area contributed by atoms with Gasteiger partial charge in [0.1, 0.15) is 6.10 Å². The van der Waals surface area contributed by atoms with E-state index in [1.807, 2.05) is 30.3 Å². The zero-order chi connectivity index (χ0) is 13.2. The molecular weight excluding hydrogens is 245 g/mol. The zero-order valence-electron chi connectivity index (χ0n) is 10.1. The predicted octanol–water partition coefficient (Wildman–Crippen LogP) is 3.05. The van der Waals surface area contributed by atoms with Crippen molar-refractivity contribution >= 4 is 5.90 Å². The van der Waals surface area contributed by atoms with Crippen molar-refractivity contribution in [1.82, 2.24) is 0 Å². The van der Waals surface area contributed by atoms with Gasteiger partial charge in [-0.15, -0.1) is 0 Å². The van der Waals surface area contributed by atoms with Crippen molar-refractivity contribution in [3.8, 4) is 5.75 Å². The Labute approximate surface area is 110 Å². The minimum absolute atomic E-state index is 0.122. The normalized spacial score (nSPS) is 17.9. The number of hydrogen-bond donors (Lipinski definition) is 1. The van der Waals surface area contributed by atoms with Crippen LogP contribution in [0.4, 0.5) is 4.39 Å². The summed E-state index contributed by atoms with van der Waals surface area (Å²) in [7, 11) is 0. The van der Waals surface area contributed by atoms with E-state index in [2.05, 4.69) is 4.99 Å². The molecule has 0 spiro atoms. The van der Waals surface area contributed by atoms with Gasteiger partial charge in [-0.1, -0.05) is 30.3 Å². The van der Waals surface area contributed by atoms with E-state index < -0.39 is 11.6 Å². The van der Waals surface area contributed by atoms with Gasteiger partial charge in [0.2, 0.25) is 5.90 Å². The number of hydrogen-bond acceptors (Lipinski definition) is 3. The molecular formula is C15H12FNO2. The smallest absolute Gasteiger partial charge is 0.217 e. The van der Waals surface area contributed by atoms with Gasteiger partial charge in [0, 0.05) is 5.56 Å². The Morgan fingerprint density at radius 3 is 2.68 bits per heavy atom. The van der Waals surface area contributed by atoms with Crippen LogP contribution < -0.4 is 0 Å². The summed E-state index contributed by atoms with van der Waals surface area (Å²) in [5.41, 5.74) is 1.63. The van der Waals surface area contributed by atoms with Crippen LogP contribution >= 0.6 is 0 Å². The van der Waals surface area contributed by atoms with E-state index in [-0.39, 0.29) is 6.10 Å². The van der Waals surface area contributed by atoms with Gasteiger partial charge in [0.05, 0.1) is 6.54 Å². The van der Waals surface area contributed by atoms with Crippen molar-refractivity contribution < 1.29 is 14.2 Å². The molecule has 2 aromatic rings. The summed E-state index contributed by atoms with van der Waals surface area (Å²) in [5.74, 6) is -0.613. The Hall–Kier alpha value is -2.36. The van der Waals surface area contributed by atoms with Crippen molar-refractivity contribution in [2.75, 3.05) is 6.54 Å². The molecule has 0 aromatic heterocycles. The van der Waals surface area contributed by atoms with E-state index >= 15 is 0 Å². The maximum absolute atomic E-state index is 13.0. The lowest BCUT2D eigenvalue weighted by Crippen LogP contribution is -2.06. The highest BCUT2D eigenvalue weighted by Gasteiger charge is 2.22. The highest BCUT2D eigenvalue weighted by atomic mass is 19.1. The van der Waals surface area contributed by atoms with E-state index in [0.29, 0.717) is 18.0 Å². The van der Waals surface area contributed by atoms with Gasteiger partial charge in [-0.25, -0.2) is 9.38 Å². The molecule has 4 heteroatoms. The third-order valence-electron chi connectivity index (χ3n) is 3.02. The average molecular weight is 257 g/mol. The monoisotopic (exact) mass is 257 g/mol. The Bertz CT molecular complexity index is 625. The molecule has 1 heterocycles. The number of aromatic hydroxyl groups is 1. The fourth-order valence-electron chi connectivity index (χ4n) is 2.02. The van der Waals surface area contributed by atoms with E-state index in [1.54, 1.807) is 6.07 Å². The molecule has 3 rings (SSSR count). The van der Waals surface area contributed by atoms with Gasteiger partial charge in [-0.05, 0) is 23.8 Å². The molecule has 0 fully saturated rings. The summed E-state index contributed by atoms with van der Waals surface area (Å²) in [6.45, 7) is 0.525. The number of phenolic OH excluding ortho intramolecular Hbond substituents is 1. The number of nitrogens with zero attached hydrogens (tertiary/aromatic N) is 1. The van der Waals surface area contributed by atoms with E-state index in [0.717, 1.165) is 5.56 Å². The molecule has 0 saturated heterocycles. The molecule has 0 amide bonds. The van der Waals surface area contributed by atoms with Crippen LogP contribution in [0.25, 0.3) is 0 Å². The Balaban J connectivity index is 1.80. The summed E-state index contributed by atoms with van der Waals surface area (Å²) < 4.78 is 18.7. The molecule has 1 N–H and O–H groups in total. The topological polar surface area (TPSA) is 41.8 Å². The van der Waals surface area contributed by atoms with Gasteiger partial charge in [0.25, 0.3) is 0 Å². The number of aliphatic imine (C=N–C) groups is 1. The third-order valence-corrected chi connectivity index (χ3v) is 3.02. The number of benzene rings is 2. The van der Waals surface area contributed by atoms with Crippen LogP contribution in [-0.4, -0.2) is 17.5 Å². The second kappa shape index (κ2) is 4.72. The van der Waals surface area contributed by atoms with Gasteiger partial charge in [-0.3, -0.25) is 0 Å². The summed E-state index contributed by atoms with van der Waals surface area (Å²) in [6.07, 6.45) is -0.122. The number of rotatable bonds is 2. The van der Waals surface area contributed by atoms with E-state index in [9.17, 15) is 9.50 Å². The van der Waals surface area contributed by atoms with Crippen LogP contribution in [0.5, 0.6) is 5.75 Å². The maximum Gasteiger partial charge on any atom is 0.217 e.